The maximum absolute atomic E-state index is 13.0. The zero-order valence-electron chi connectivity index (χ0n) is 12.8. The molecule has 5 heteroatoms. The minimum Gasteiger partial charge on any atom is -0.452 e. The summed E-state index contributed by atoms with van der Waals surface area (Å²) in [6.07, 6.45) is 1.53. The topological polar surface area (TPSA) is 53.3 Å². The number of carbonyl (C=O) groups is 1. The zero-order chi connectivity index (χ0) is 16.8. The van der Waals surface area contributed by atoms with Crippen molar-refractivity contribution in [3.05, 3.63) is 77.4 Å². The molecule has 0 atom stereocenters. The van der Waals surface area contributed by atoms with Gasteiger partial charge in [0.2, 0.25) is 5.78 Å². The van der Waals surface area contributed by atoms with E-state index in [2.05, 4.69) is 0 Å². The molecule has 0 aliphatic heterocycles. The van der Waals surface area contributed by atoms with Gasteiger partial charge in [0.25, 0.3) is 0 Å². The van der Waals surface area contributed by atoms with Crippen molar-refractivity contribution in [2.75, 3.05) is 14.1 Å². The molecule has 2 rings (SSSR count). The van der Waals surface area contributed by atoms with Crippen molar-refractivity contribution in [2.45, 2.75) is 0 Å². The number of carbonyl (C=O) groups excluding carboxylic acids is 1. The molecule has 0 fully saturated rings. The maximum Gasteiger partial charge on any atom is 0.229 e. The lowest BCUT2D eigenvalue weighted by Crippen LogP contribution is -2.14. The van der Waals surface area contributed by atoms with E-state index >= 15 is 0 Å². The largest absolute Gasteiger partial charge is 0.452 e. The van der Waals surface area contributed by atoms with Crippen molar-refractivity contribution in [1.29, 1.82) is 5.26 Å². The van der Waals surface area contributed by atoms with Gasteiger partial charge in [0.15, 0.2) is 5.76 Å². The Labute approximate surface area is 134 Å². The van der Waals surface area contributed by atoms with Crippen LogP contribution in [0.4, 0.5) is 4.39 Å². The number of halogens is 1. The SMILES string of the molecule is CN(C)C=C(Oc1cccc(C#N)c1)C(=O)c1ccc(F)cc1. The highest BCUT2D eigenvalue weighted by molar-refractivity contribution is 6.07. The van der Waals surface area contributed by atoms with Crippen LogP contribution >= 0.6 is 0 Å². The van der Waals surface area contributed by atoms with Gasteiger partial charge in [0.1, 0.15) is 11.6 Å². The Morgan fingerprint density at radius 3 is 2.52 bits per heavy atom. The van der Waals surface area contributed by atoms with Crippen molar-refractivity contribution >= 4 is 5.78 Å². The monoisotopic (exact) mass is 310 g/mol. The van der Waals surface area contributed by atoms with Gasteiger partial charge < -0.3 is 9.64 Å². The van der Waals surface area contributed by atoms with E-state index in [1.165, 1.54) is 30.5 Å². The number of ketones is 1. The summed E-state index contributed by atoms with van der Waals surface area (Å²) in [5.41, 5.74) is 0.747. The lowest BCUT2D eigenvalue weighted by Gasteiger charge is -2.13. The summed E-state index contributed by atoms with van der Waals surface area (Å²) in [5.74, 6) is -0.326. The average Bonchev–Trinajstić information content (AvgIpc) is 2.54. The van der Waals surface area contributed by atoms with Gasteiger partial charge in [-0.05, 0) is 42.5 Å². The van der Waals surface area contributed by atoms with Gasteiger partial charge in [-0.25, -0.2) is 4.39 Å². The van der Waals surface area contributed by atoms with Crippen LogP contribution in [0.1, 0.15) is 15.9 Å². The van der Waals surface area contributed by atoms with E-state index in [1.54, 1.807) is 43.3 Å². The smallest absolute Gasteiger partial charge is 0.229 e. The second-order valence-electron chi connectivity index (χ2n) is 5.03. The van der Waals surface area contributed by atoms with Crippen LogP contribution < -0.4 is 4.74 Å². The molecule has 0 amide bonds. The highest BCUT2D eigenvalue weighted by Crippen LogP contribution is 2.19. The van der Waals surface area contributed by atoms with Gasteiger partial charge in [-0.1, -0.05) is 6.07 Å². The van der Waals surface area contributed by atoms with Crippen LogP contribution in [0.2, 0.25) is 0 Å². The van der Waals surface area contributed by atoms with Crippen LogP contribution in [0.25, 0.3) is 0 Å². The highest BCUT2D eigenvalue weighted by atomic mass is 19.1. The first-order valence-corrected chi connectivity index (χ1v) is 6.86. The molecular weight excluding hydrogens is 295 g/mol. The standard InChI is InChI=1S/C18H15FN2O2/c1-21(2)12-17(18(22)14-6-8-15(19)9-7-14)23-16-5-3-4-13(10-16)11-20/h3-10,12H,1-2H3. The molecule has 0 radical (unpaired) electrons. The first-order valence-electron chi connectivity index (χ1n) is 6.86. The number of Topliss-reactive ketones (excluding diaryl/α,β-unsaturated/α-hetero) is 1. The molecule has 0 N–H and O–H groups in total. The predicted molar refractivity (Wildman–Crippen MR) is 84.3 cm³/mol. The number of nitriles is 1. The molecular formula is C18H15FN2O2. The molecule has 4 nitrogen and oxygen atoms in total. The van der Waals surface area contributed by atoms with Crippen LogP contribution in [-0.4, -0.2) is 24.8 Å². The number of ether oxygens (including phenoxy) is 1. The van der Waals surface area contributed by atoms with Crippen LogP contribution in [0.15, 0.2) is 60.5 Å². The summed E-state index contributed by atoms with van der Waals surface area (Å²) in [6.45, 7) is 0. The summed E-state index contributed by atoms with van der Waals surface area (Å²) in [4.78, 5) is 14.2. The first-order chi connectivity index (χ1) is 11.0. The van der Waals surface area contributed by atoms with E-state index in [9.17, 15) is 9.18 Å². The Morgan fingerprint density at radius 1 is 1.22 bits per heavy atom. The second kappa shape index (κ2) is 7.23. The lowest BCUT2D eigenvalue weighted by atomic mass is 10.1. The molecule has 0 heterocycles. The van der Waals surface area contributed by atoms with Gasteiger partial charge in [0, 0.05) is 25.9 Å². The summed E-state index contributed by atoms with van der Waals surface area (Å²) in [6, 6.07) is 13.8. The molecule has 2 aromatic rings. The molecule has 0 spiro atoms. The highest BCUT2D eigenvalue weighted by Gasteiger charge is 2.16. The summed E-state index contributed by atoms with van der Waals surface area (Å²) in [7, 11) is 3.51. The Balaban J connectivity index is 2.32. The van der Waals surface area contributed by atoms with Gasteiger partial charge in [0.05, 0.1) is 11.6 Å². The molecule has 116 valence electrons. The van der Waals surface area contributed by atoms with Gasteiger partial charge >= 0.3 is 0 Å². The number of hydrogen-bond donors (Lipinski definition) is 0. The molecule has 0 aliphatic carbocycles. The molecule has 0 saturated carbocycles. The van der Waals surface area contributed by atoms with Crippen LogP contribution in [0.3, 0.4) is 0 Å². The molecule has 0 saturated heterocycles. The summed E-state index contributed by atoms with van der Waals surface area (Å²) >= 11 is 0. The molecule has 0 bridgehead atoms. The van der Waals surface area contributed by atoms with E-state index in [0.29, 0.717) is 16.9 Å². The second-order valence-corrected chi connectivity index (χ2v) is 5.03. The molecule has 0 unspecified atom stereocenters. The minimum absolute atomic E-state index is 0.0803. The number of hydrogen-bond acceptors (Lipinski definition) is 4. The maximum atomic E-state index is 13.0. The summed E-state index contributed by atoms with van der Waals surface area (Å²) < 4.78 is 18.6. The molecule has 0 aromatic heterocycles. The van der Waals surface area contributed by atoms with E-state index in [-0.39, 0.29) is 11.5 Å². The fourth-order valence-corrected chi connectivity index (χ4v) is 1.87. The Hall–Kier alpha value is -3.13. The van der Waals surface area contributed by atoms with E-state index in [4.69, 9.17) is 10.00 Å². The normalized spacial score (nSPS) is 10.8. The third-order valence-electron chi connectivity index (χ3n) is 2.90. The van der Waals surface area contributed by atoms with Gasteiger partial charge in [-0.2, -0.15) is 5.26 Å². The van der Waals surface area contributed by atoms with E-state index < -0.39 is 5.82 Å². The number of rotatable bonds is 5. The van der Waals surface area contributed by atoms with Crippen LogP contribution in [0, 0.1) is 17.1 Å². The third kappa shape index (κ3) is 4.42. The fraction of sp³-hybridized carbons (Fsp3) is 0.111. The molecule has 2 aromatic carbocycles. The number of allylic oxidation sites excluding steroid dienone is 1. The predicted octanol–water partition coefficient (Wildman–Crippen LogP) is 3.36. The number of benzene rings is 2. The van der Waals surface area contributed by atoms with Gasteiger partial charge in [-0.15, -0.1) is 0 Å². The fourth-order valence-electron chi connectivity index (χ4n) is 1.87. The lowest BCUT2D eigenvalue weighted by molar-refractivity contribution is 0.0982. The molecule has 23 heavy (non-hydrogen) atoms. The molecule has 0 aliphatic rings. The first kappa shape index (κ1) is 16.2. The quantitative estimate of drug-likeness (QED) is 0.483. The van der Waals surface area contributed by atoms with Crippen LogP contribution in [0.5, 0.6) is 5.75 Å². The zero-order valence-corrected chi connectivity index (χ0v) is 12.8. The van der Waals surface area contributed by atoms with Crippen molar-refractivity contribution in [2.24, 2.45) is 0 Å². The van der Waals surface area contributed by atoms with Crippen LogP contribution in [-0.2, 0) is 0 Å². The summed E-state index contributed by atoms with van der Waals surface area (Å²) in [5, 5.41) is 8.92. The van der Waals surface area contributed by atoms with Crippen molar-refractivity contribution < 1.29 is 13.9 Å². The third-order valence-corrected chi connectivity index (χ3v) is 2.90. The Kier molecular flexibility index (Phi) is 5.11. The van der Waals surface area contributed by atoms with E-state index in [0.717, 1.165) is 0 Å². The average molecular weight is 310 g/mol. The van der Waals surface area contributed by atoms with Gasteiger partial charge in [-0.3, -0.25) is 4.79 Å². The Morgan fingerprint density at radius 2 is 1.91 bits per heavy atom. The van der Waals surface area contributed by atoms with Crippen molar-refractivity contribution in [3.63, 3.8) is 0 Å². The van der Waals surface area contributed by atoms with Crippen molar-refractivity contribution in [1.82, 2.24) is 4.90 Å². The number of nitrogens with zero attached hydrogens (tertiary/aromatic N) is 2. The Bertz CT molecular complexity index is 774. The minimum atomic E-state index is -0.415. The van der Waals surface area contributed by atoms with E-state index in [1.807, 2.05) is 6.07 Å². The van der Waals surface area contributed by atoms with Crippen molar-refractivity contribution in [3.8, 4) is 11.8 Å².